The number of nitrogens with zero attached hydrogens (tertiary/aromatic N) is 3. The third-order valence-electron chi connectivity index (χ3n) is 5.14. The number of hydrogen-bond donors (Lipinski definition) is 1. The first-order valence-electron chi connectivity index (χ1n) is 9.75. The number of carbonyl (C=O) groups excluding carboxylic acids is 3. The molecule has 146 valence electrons. The molecule has 0 atom stereocenters. The zero-order chi connectivity index (χ0) is 19.2. The van der Waals surface area contributed by atoms with E-state index in [-0.39, 0.29) is 37.4 Å². The highest BCUT2D eigenvalue weighted by molar-refractivity contribution is 6.01. The van der Waals surface area contributed by atoms with Crippen molar-refractivity contribution in [1.82, 2.24) is 9.80 Å². The Labute approximate surface area is 160 Å². The molecule has 27 heavy (non-hydrogen) atoms. The van der Waals surface area contributed by atoms with E-state index in [2.05, 4.69) is 22.3 Å². The van der Waals surface area contributed by atoms with Crippen LogP contribution in [0.3, 0.4) is 0 Å². The summed E-state index contributed by atoms with van der Waals surface area (Å²) in [5.74, 6) is -0.308. The summed E-state index contributed by atoms with van der Waals surface area (Å²) in [6.45, 7) is 2.58. The van der Waals surface area contributed by atoms with Crippen molar-refractivity contribution in [3.8, 4) is 0 Å². The summed E-state index contributed by atoms with van der Waals surface area (Å²) < 4.78 is 0. The minimum Gasteiger partial charge on any atom is -0.372 e. The predicted octanol–water partition coefficient (Wildman–Crippen LogP) is 2.68. The molecule has 1 N–H and O–H groups in total. The molecule has 2 aliphatic heterocycles. The summed E-state index contributed by atoms with van der Waals surface area (Å²) in [6.07, 6.45) is 5.80. The van der Waals surface area contributed by atoms with E-state index in [1.54, 1.807) is 7.05 Å². The van der Waals surface area contributed by atoms with Crippen molar-refractivity contribution in [3.05, 3.63) is 24.3 Å². The highest BCUT2D eigenvalue weighted by Crippen LogP contribution is 2.21. The average molecular weight is 372 g/mol. The molecule has 0 spiro atoms. The molecule has 0 bridgehead atoms. The van der Waals surface area contributed by atoms with Gasteiger partial charge in [-0.25, -0.2) is 4.79 Å². The van der Waals surface area contributed by atoms with E-state index in [0.717, 1.165) is 18.8 Å². The van der Waals surface area contributed by atoms with Crippen LogP contribution in [-0.4, -0.2) is 60.9 Å². The molecule has 7 nitrogen and oxygen atoms in total. The number of likely N-dealkylation sites (N-methyl/N-ethyl adjacent to an activating group) is 1. The Bertz CT molecular complexity index is 681. The first kappa shape index (κ1) is 19.2. The zero-order valence-electron chi connectivity index (χ0n) is 15.9. The van der Waals surface area contributed by atoms with Gasteiger partial charge in [-0.2, -0.15) is 0 Å². The molecule has 1 aromatic carbocycles. The second-order valence-electron chi connectivity index (χ2n) is 7.28. The van der Waals surface area contributed by atoms with Crippen molar-refractivity contribution in [2.24, 2.45) is 0 Å². The lowest BCUT2D eigenvalue weighted by atomic mass is 10.2. The maximum Gasteiger partial charge on any atom is 0.326 e. The molecule has 2 aliphatic rings. The van der Waals surface area contributed by atoms with Gasteiger partial charge in [-0.1, -0.05) is 12.8 Å². The van der Waals surface area contributed by atoms with Crippen LogP contribution in [0.5, 0.6) is 0 Å². The topological polar surface area (TPSA) is 73.0 Å². The molecule has 0 unspecified atom stereocenters. The van der Waals surface area contributed by atoms with E-state index in [4.69, 9.17) is 0 Å². The predicted molar refractivity (Wildman–Crippen MR) is 105 cm³/mol. The fraction of sp³-hybridized carbons (Fsp3) is 0.550. The van der Waals surface area contributed by atoms with Gasteiger partial charge in [0.15, 0.2) is 0 Å². The van der Waals surface area contributed by atoms with Gasteiger partial charge in [0.1, 0.15) is 6.54 Å². The van der Waals surface area contributed by atoms with E-state index in [1.165, 1.54) is 41.2 Å². The van der Waals surface area contributed by atoms with Gasteiger partial charge in [0.25, 0.3) is 0 Å². The Balaban J connectivity index is 1.44. The molecule has 7 heteroatoms. The van der Waals surface area contributed by atoms with Gasteiger partial charge < -0.3 is 15.1 Å². The number of benzene rings is 1. The summed E-state index contributed by atoms with van der Waals surface area (Å²) in [7, 11) is 1.60. The fourth-order valence-corrected chi connectivity index (χ4v) is 3.59. The number of anilines is 2. The lowest BCUT2D eigenvalue weighted by molar-refractivity contribution is -0.125. The lowest BCUT2D eigenvalue weighted by Gasteiger charge is -2.22. The van der Waals surface area contributed by atoms with Gasteiger partial charge in [0.05, 0.1) is 0 Å². The van der Waals surface area contributed by atoms with E-state index in [9.17, 15) is 14.4 Å². The summed E-state index contributed by atoms with van der Waals surface area (Å²) in [4.78, 5) is 40.6. The molecular formula is C20H28N4O3. The number of rotatable bonds is 6. The molecule has 0 saturated carbocycles. The lowest BCUT2D eigenvalue weighted by Crippen LogP contribution is -2.32. The third-order valence-corrected chi connectivity index (χ3v) is 5.14. The van der Waals surface area contributed by atoms with Crippen molar-refractivity contribution < 1.29 is 14.4 Å². The van der Waals surface area contributed by atoms with E-state index >= 15 is 0 Å². The second-order valence-corrected chi connectivity index (χ2v) is 7.28. The molecule has 4 amide bonds. The van der Waals surface area contributed by atoms with Crippen molar-refractivity contribution in [2.75, 3.05) is 43.4 Å². The highest BCUT2D eigenvalue weighted by atomic mass is 16.2. The number of urea groups is 1. The fourth-order valence-electron chi connectivity index (χ4n) is 3.59. The standard InChI is InChI=1S/C20H28N4O3/c1-22-15-19(26)24(20(22)27)14-6-7-18(25)21-16-8-10-17(11-9-16)23-12-4-2-3-5-13-23/h8-11H,2-7,12-15H2,1H3,(H,21,25). The molecule has 2 saturated heterocycles. The van der Waals surface area contributed by atoms with Crippen LogP contribution in [0.15, 0.2) is 24.3 Å². The average Bonchev–Trinajstić information content (AvgIpc) is 2.86. The number of imide groups is 1. The van der Waals surface area contributed by atoms with Gasteiger partial charge in [-0.3, -0.25) is 14.5 Å². The van der Waals surface area contributed by atoms with Crippen LogP contribution in [0.1, 0.15) is 38.5 Å². The van der Waals surface area contributed by atoms with Crippen LogP contribution < -0.4 is 10.2 Å². The van der Waals surface area contributed by atoms with Gasteiger partial charge in [-0.05, 0) is 43.5 Å². The third kappa shape index (κ3) is 4.99. The van der Waals surface area contributed by atoms with Crippen molar-refractivity contribution >= 4 is 29.2 Å². The SMILES string of the molecule is CN1CC(=O)N(CCCC(=O)Nc2ccc(N3CCCCCC3)cc2)C1=O. The highest BCUT2D eigenvalue weighted by Gasteiger charge is 2.32. The first-order chi connectivity index (χ1) is 13.0. The van der Waals surface area contributed by atoms with Crippen LogP contribution in [0, 0.1) is 0 Å². The van der Waals surface area contributed by atoms with Crippen molar-refractivity contribution in [2.45, 2.75) is 38.5 Å². The Morgan fingerprint density at radius 1 is 1.04 bits per heavy atom. The van der Waals surface area contributed by atoms with Gasteiger partial charge >= 0.3 is 6.03 Å². The minimum absolute atomic E-state index is 0.107. The summed E-state index contributed by atoms with van der Waals surface area (Å²) >= 11 is 0. The van der Waals surface area contributed by atoms with Crippen molar-refractivity contribution in [1.29, 1.82) is 0 Å². The summed E-state index contributed by atoms with van der Waals surface area (Å²) in [5, 5.41) is 2.88. The van der Waals surface area contributed by atoms with Crippen LogP contribution in [0.25, 0.3) is 0 Å². The maximum absolute atomic E-state index is 12.1. The molecule has 0 aromatic heterocycles. The van der Waals surface area contributed by atoms with Crippen molar-refractivity contribution in [3.63, 3.8) is 0 Å². The molecule has 0 radical (unpaired) electrons. The molecular weight excluding hydrogens is 344 g/mol. The Hall–Kier alpha value is -2.57. The Kier molecular flexibility index (Phi) is 6.32. The molecule has 3 rings (SSSR count). The number of amides is 4. The quantitative estimate of drug-likeness (QED) is 0.779. The van der Waals surface area contributed by atoms with E-state index in [1.807, 2.05) is 12.1 Å². The van der Waals surface area contributed by atoms with Gasteiger partial charge in [0, 0.05) is 44.5 Å². The molecule has 1 aromatic rings. The summed E-state index contributed by atoms with van der Waals surface area (Å²) in [5.41, 5.74) is 1.97. The van der Waals surface area contributed by atoms with E-state index < -0.39 is 0 Å². The number of carbonyl (C=O) groups is 3. The smallest absolute Gasteiger partial charge is 0.326 e. The zero-order valence-corrected chi connectivity index (χ0v) is 15.9. The van der Waals surface area contributed by atoms with Crippen LogP contribution in [0.2, 0.25) is 0 Å². The van der Waals surface area contributed by atoms with Crippen LogP contribution in [0.4, 0.5) is 16.2 Å². The monoisotopic (exact) mass is 372 g/mol. The summed E-state index contributed by atoms with van der Waals surface area (Å²) in [6, 6.07) is 7.68. The largest absolute Gasteiger partial charge is 0.372 e. The maximum atomic E-state index is 12.1. The normalized spacial score (nSPS) is 18.0. The number of nitrogens with one attached hydrogen (secondary N) is 1. The van der Waals surface area contributed by atoms with E-state index in [0.29, 0.717) is 6.42 Å². The van der Waals surface area contributed by atoms with Crippen LogP contribution >= 0.6 is 0 Å². The molecule has 0 aliphatic carbocycles. The Morgan fingerprint density at radius 2 is 1.70 bits per heavy atom. The first-order valence-corrected chi connectivity index (χ1v) is 9.75. The number of hydrogen-bond acceptors (Lipinski definition) is 4. The molecule has 2 fully saturated rings. The molecule has 2 heterocycles. The van der Waals surface area contributed by atoms with Gasteiger partial charge in [0.2, 0.25) is 11.8 Å². The van der Waals surface area contributed by atoms with Crippen LogP contribution in [-0.2, 0) is 9.59 Å². The Morgan fingerprint density at radius 3 is 2.30 bits per heavy atom. The van der Waals surface area contributed by atoms with Gasteiger partial charge in [-0.15, -0.1) is 0 Å². The second kappa shape index (κ2) is 8.88. The minimum atomic E-state index is -0.287.